The maximum Gasteiger partial charge on any atom is 0.330 e. The van der Waals surface area contributed by atoms with Crippen LogP contribution in [0.4, 0.5) is 4.39 Å². The summed E-state index contributed by atoms with van der Waals surface area (Å²) in [5, 5.41) is 0. The molecule has 0 bridgehead atoms. The number of methoxy groups -OCH3 is 2. The number of Topliss-reactive ketones (excluding diaryl/α,β-unsaturated/α-hetero) is 1. The number of nitrogens with zero attached hydrogens (tertiary/aromatic N) is 1. The number of allylic oxidation sites excluding steroid dienone is 1. The Hall–Kier alpha value is -4.93. The van der Waals surface area contributed by atoms with Crippen molar-refractivity contribution in [2.75, 3.05) is 34.0 Å². The van der Waals surface area contributed by atoms with Crippen LogP contribution < -0.4 is 14.2 Å². The largest absolute Gasteiger partial charge is 0.493 e. The molecule has 1 aliphatic rings. The normalized spacial score (nSPS) is 15.5. The highest BCUT2D eigenvalue weighted by Gasteiger charge is 2.42. The fraction of sp³-hybridized carbons (Fsp3) is 0.463. The molecule has 2 aromatic rings. The lowest BCUT2D eigenvalue weighted by atomic mass is 9.87. The van der Waals surface area contributed by atoms with Gasteiger partial charge in [0.05, 0.1) is 19.6 Å². The minimum atomic E-state index is -1.35. The van der Waals surface area contributed by atoms with Gasteiger partial charge in [-0.2, -0.15) is 0 Å². The maximum absolute atomic E-state index is 15.0. The van der Waals surface area contributed by atoms with E-state index >= 15 is 4.39 Å². The number of carbonyl (C=O) groups excluding carboxylic acids is 4. The van der Waals surface area contributed by atoms with Crippen molar-refractivity contribution in [3.63, 3.8) is 0 Å². The fourth-order valence-corrected chi connectivity index (χ4v) is 5.23. The van der Waals surface area contributed by atoms with E-state index < -0.39 is 47.0 Å². The van der Waals surface area contributed by atoms with Gasteiger partial charge in [-0.05, 0) is 86.4 Å². The quantitative estimate of drug-likeness (QED) is 0.0710. The van der Waals surface area contributed by atoms with E-state index in [2.05, 4.69) is 6.58 Å². The molecule has 0 aromatic heterocycles. The number of likely N-dealkylation sites (tertiary alicyclic amines) is 1. The Bertz CT molecular complexity index is 1660. The lowest BCUT2D eigenvalue weighted by Crippen LogP contribution is -2.53. The monoisotopic (exact) mass is 721 g/mol. The second-order valence-electron chi connectivity index (χ2n) is 14.1. The fourth-order valence-electron chi connectivity index (χ4n) is 5.23. The molecule has 0 radical (unpaired) electrons. The number of benzene rings is 2. The molecule has 1 fully saturated rings. The van der Waals surface area contributed by atoms with E-state index in [1.165, 1.54) is 51.2 Å². The van der Waals surface area contributed by atoms with Gasteiger partial charge in [-0.1, -0.05) is 52.5 Å². The molecule has 1 saturated heterocycles. The summed E-state index contributed by atoms with van der Waals surface area (Å²) in [4.78, 5) is 54.5. The van der Waals surface area contributed by atoms with Gasteiger partial charge < -0.3 is 28.6 Å². The number of amides is 1. The number of hydrogen-bond donors (Lipinski definition) is 0. The first kappa shape index (κ1) is 41.5. The molecule has 2 atom stereocenters. The van der Waals surface area contributed by atoms with Gasteiger partial charge in [0.1, 0.15) is 36.9 Å². The van der Waals surface area contributed by atoms with Crippen LogP contribution in [0.1, 0.15) is 78.0 Å². The van der Waals surface area contributed by atoms with Gasteiger partial charge in [0.25, 0.3) is 5.91 Å². The second-order valence-corrected chi connectivity index (χ2v) is 14.1. The van der Waals surface area contributed by atoms with Crippen molar-refractivity contribution in [1.82, 2.24) is 4.90 Å². The Morgan fingerprint density at radius 1 is 0.981 bits per heavy atom. The summed E-state index contributed by atoms with van der Waals surface area (Å²) in [6.07, 6.45) is 6.58. The van der Waals surface area contributed by atoms with Crippen LogP contribution in [0.3, 0.4) is 0 Å². The van der Waals surface area contributed by atoms with Crippen molar-refractivity contribution in [2.45, 2.75) is 73.0 Å². The molecule has 0 N–H and O–H groups in total. The Morgan fingerprint density at radius 3 is 2.35 bits per heavy atom. The number of halogens is 1. The predicted molar refractivity (Wildman–Crippen MR) is 196 cm³/mol. The zero-order valence-corrected chi connectivity index (χ0v) is 31.5. The third-order valence-corrected chi connectivity index (χ3v) is 8.61. The molecule has 0 saturated carbocycles. The van der Waals surface area contributed by atoms with Crippen molar-refractivity contribution in [2.24, 2.45) is 17.3 Å². The summed E-state index contributed by atoms with van der Waals surface area (Å²) in [5.41, 5.74) is 0.438. The molecule has 1 amide bonds. The molecule has 52 heavy (non-hydrogen) atoms. The Labute approximate surface area is 306 Å². The van der Waals surface area contributed by atoms with Gasteiger partial charge in [0, 0.05) is 24.3 Å². The van der Waals surface area contributed by atoms with Gasteiger partial charge in [0.2, 0.25) is 5.78 Å². The van der Waals surface area contributed by atoms with Gasteiger partial charge in [-0.15, -0.1) is 0 Å². The minimum absolute atomic E-state index is 0.132. The Kier molecular flexibility index (Phi) is 15.2. The van der Waals surface area contributed by atoms with Crippen LogP contribution in [0.15, 0.2) is 66.8 Å². The van der Waals surface area contributed by atoms with E-state index in [4.69, 9.17) is 23.7 Å². The highest BCUT2D eigenvalue weighted by atomic mass is 19.1. The zero-order chi connectivity index (χ0) is 38.6. The molecule has 1 heterocycles. The van der Waals surface area contributed by atoms with E-state index in [1.54, 1.807) is 42.5 Å². The molecule has 0 unspecified atom stereocenters. The summed E-state index contributed by atoms with van der Waals surface area (Å²) in [6.45, 7) is 14.8. The third-order valence-electron chi connectivity index (χ3n) is 8.61. The van der Waals surface area contributed by atoms with Crippen molar-refractivity contribution in [1.29, 1.82) is 0 Å². The third kappa shape index (κ3) is 11.8. The number of carbonyl (C=O) groups is 4. The predicted octanol–water partition coefficient (Wildman–Crippen LogP) is 7.46. The standard InChI is InChI=1S/C41H52FNO9/c1-26(2)13-18-37(44)51-25-41(6,7)38(45)39(46)43-19-11-10-12-33(43)40(47)52-34(16-14-29-15-17-35(48-8)36(20-29)49-9)30-21-31(42)23-32(22-30)50-24-28(5)27(3)4/h13-18,20-23,26-27,33-34H,5,10-12,19,24-25H2,1-4,6-9H3/b16-14+,18-13?/t33-,34+/m0/s1. The van der Waals surface area contributed by atoms with Crippen LogP contribution in [0.25, 0.3) is 6.08 Å². The maximum atomic E-state index is 15.0. The van der Waals surface area contributed by atoms with Crippen molar-refractivity contribution in [3.05, 3.63) is 83.7 Å². The minimum Gasteiger partial charge on any atom is -0.493 e. The van der Waals surface area contributed by atoms with Gasteiger partial charge >= 0.3 is 11.9 Å². The number of rotatable bonds is 17. The molecule has 1 aliphatic heterocycles. The van der Waals surface area contributed by atoms with E-state index in [0.29, 0.717) is 29.9 Å². The number of ketones is 1. The Balaban J connectivity index is 1.91. The molecule has 11 heteroatoms. The van der Waals surface area contributed by atoms with Crippen molar-refractivity contribution >= 4 is 29.7 Å². The molecule has 3 rings (SSSR count). The molecular formula is C41H52FNO9. The van der Waals surface area contributed by atoms with Crippen molar-refractivity contribution in [3.8, 4) is 17.2 Å². The SMILES string of the molecule is C=C(COc1cc(F)cc([C@@H](/C=C/c2ccc(OC)c(OC)c2)OC(=O)[C@@H]2CCCCN2C(=O)C(=O)C(C)(C)COC(=O)C=CC(C)C)c1)C(C)C. The average Bonchev–Trinajstić information content (AvgIpc) is 3.12. The van der Waals surface area contributed by atoms with Gasteiger partial charge in [0.15, 0.2) is 11.5 Å². The van der Waals surface area contributed by atoms with E-state index in [-0.39, 0.29) is 49.3 Å². The Morgan fingerprint density at radius 2 is 1.69 bits per heavy atom. The number of piperidine rings is 1. The smallest absolute Gasteiger partial charge is 0.330 e. The average molecular weight is 722 g/mol. The van der Waals surface area contributed by atoms with Crippen LogP contribution >= 0.6 is 0 Å². The van der Waals surface area contributed by atoms with E-state index in [0.717, 1.165) is 5.57 Å². The number of hydrogen-bond acceptors (Lipinski definition) is 9. The summed E-state index contributed by atoms with van der Waals surface area (Å²) in [5.74, 6) is -2.13. The number of ether oxygens (including phenoxy) is 5. The molecule has 282 valence electrons. The molecule has 0 aliphatic carbocycles. The summed E-state index contributed by atoms with van der Waals surface area (Å²) >= 11 is 0. The lowest BCUT2D eigenvalue weighted by molar-refractivity contribution is -0.163. The highest BCUT2D eigenvalue weighted by Crippen LogP contribution is 2.32. The first-order chi connectivity index (χ1) is 24.6. The first-order valence-corrected chi connectivity index (χ1v) is 17.5. The second kappa shape index (κ2) is 19.1. The molecule has 0 spiro atoms. The van der Waals surface area contributed by atoms with Crippen LogP contribution in [-0.2, 0) is 28.7 Å². The molecule has 2 aromatic carbocycles. The van der Waals surface area contributed by atoms with Gasteiger partial charge in [-0.3, -0.25) is 9.59 Å². The van der Waals surface area contributed by atoms with E-state index in [9.17, 15) is 19.2 Å². The lowest BCUT2D eigenvalue weighted by Gasteiger charge is -2.36. The summed E-state index contributed by atoms with van der Waals surface area (Å²) in [6, 6.07) is 8.23. The van der Waals surface area contributed by atoms with Crippen LogP contribution in [0.2, 0.25) is 0 Å². The van der Waals surface area contributed by atoms with Crippen LogP contribution in [-0.4, -0.2) is 68.5 Å². The summed E-state index contributed by atoms with van der Waals surface area (Å²) < 4.78 is 43.0. The first-order valence-electron chi connectivity index (χ1n) is 17.5. The number of esters is 2. The summed E-state index contributed by atoms with van der Waals surface area (Å²) in [7, 11) is 3.04. The van der Waals surface area contributed by atoms with Crippen LogP contribution in [0, 0.1) is 23.1 Å². The van der Waals surface area contributed by atoms with Crippen molar-refractivity contribution < 1.29 is 47.3 Å². The molecular weight excluding hydrogens is 669 g/mol. The van der Waals surface area contributed by atoms with Crippen LogP contribution in [0.5, 0.6) is 17.2 Å². The van der Waals surface area contributed by atoms with E-state index in [1.807, 2.05) is 27.7 Å². The topological polar surface area (TPSA) is 118 Å². The van der Waals surface area contributed by atoms with Gasteiger partial charge in [-0.25, -0.2) is 14.0 Å². The zero-order valence-electron chi connectivity index (χ0n) is 31.5. The highest BCUT2D eigenvalue weighted by molar-refractivity contribution is 6.38. The molecule has 10 nitrogen and oxygen atoms in total.